The molecule has 0 bridgehead atoms. The van der Waals surface area contributed by atoms with Crippen LogP contribution in [0.1, 0.15) is 0 Å². The van der Waals surface area contributed by atoms with Gasteiger partial charge < -0.3 is 4.52 Å². The fourth-order valence-corrected chi connectivity index (χ4v) is 2.18. The summed E-state index contributed by atoms with van der Waals surface area (Å²) in [4.78, 5) is 8.55. The summed E-state index contributed by atoms with van der Waals surface area (Å²) < 4.78 is 18.3. The number of halogens is 1. The number of hydrogen-bond acceptors (Lipinski definition) is 5. The summed E-state index contributed by atoms with van der Waals surface area (Å²) in [7, 11) is 0. The fraction of sp³-hybridized carbons (Fsp3) is 0.0714. The third kappa shape index (κ3) is 2.42. The predicted octanol–water partition coefficient (Wildman–Crippen LogP) is 3.66. The maximum absolute atomic E-state index is 13.0. The van der Waals surface area contributed by atoms with Crippen LogP contribution in [0.2, 0.25) is 0 Å². The number of aromatic nitrogens is 3. The van der Waals surface area contributed by atoms with Gasteiger partial charge in [-0.2, -0.15) is 0 Å². The van der Waals surface area contributed by atoms with Gasteiger partial charge in [-0.15, -0.1) is 0 Å². The average molecular weight is 287 g/mol. The first-order valence-corrected chi connectivity index (χ1v) is 7.08. The smallest absolute Gasteiger partial charge is 0.187 e. The Morgan fingerprint density at radius 3 is 2.70 bits per heavy atom. The second-order valence-corrected chi connectivity index (χ2v) is 4.78. The molecule has 0 N–H and O–H groups in total. The minimum Gasteiger partial charge on any atom is -0.356 e. The van der Waals surface area contributed by atoms with E-state index in [-0.39, 0.29) is 5.82 Å². The molecule has 3 rings (SSSR count). The Labute approximate surface area is 119 Å². The first-order chi connectivity index (χ1) is 9.78. The van der Waals surface area contributed by atoms with Gasteiger partial charge in [-0.25, -0.2) is 14.4 Å². The maximum atomic E-state index is 13.0. The van der Waals surface area contributed by atoms with Gasteiger partial charge in [0.1, 0.15) is 5.82 Å². The Bertz CT molecular complexity index is 727. The number of benzene rings is 1. The van der Waals surface area contributed by atoms with Crippen molar-refractivity contribution in [2.24, 2.45) is 0 Å². The second-order valence-electron chi connectivity index (χ2n) is 4.00. The molecule has 3 aromatic rings. The van der Waals surface area contributed by atoms with Gasteiger partial charge >= 0.3 is 0 Å². The predicted molar refractivity (Wildman–Crippen MR) is 74.7 cm³/mol. The normalized spacial score (nSPS) is 10.7. The molecule has 0 saturated carbocycles. The van der Waals surface area contributed by atoms with E-state index in [1.807, 2.05) is 6.26 Å². The van der Waals surface area contributed by atoms with E-state index in [0.717, 1.165) is 16.8 Å². The molecule has 6 heteroatoms. The maximum Gasteiger partial charge on any atom is 0.187 e. The third-order valence-electron chi connectivity index (χ3n) is 2.77. The molecule has 4 nitrogen and oxygen atoms in total. The van der Waals surface area contributed by atoms with Crippen molar-refractivity contribution in [3.8, 4) is 22.6 Å². The summed E-state index contributed by atoms with van der Waals surface area (Å²) in [5.74, 6) is 0.275. The minimum atomic E-state index is -0.290. The van der Waals surface area contributed by atoms with E-state index in [0.29, 0.717) is 10.9 Å². The molecular weight excluding hydrogens is 277 g/mol. The van der Waals surface area contributed by atoms with Crippen molar-refractivity contribution in [3.05, 3.63) is 48.5 Å². The van der Waals surface area contributed by atoms with Gasteiger partial charge in [-0.05, 0) is 36.6 Å². The van der Waals surface area contributed by atoms with Gasteiger partial charge in [0, 0.05) is 11.8 Å². The van der Waals surface area contributed by atoms with Crippen LogP contribution >= 0.6 is 11.8 Å². The molecule has 2 heterocycles. The van der Waals surface area contributed by atoms with Crippen molar-refractivity contribution in [3.63, 3.8) is 0 Å². The first kappa shape index (κ1) is 12.8. The molecule has 0 radical (unpaired) electrons. The van der Waals surface area contributed by atoms with E-state index in [1.54, 1.807) is 30.6 Å². The molecule has 0 atom stereocenters. The Morgan fingerprint density at radius 2 is 1.95 bits per heavy atom. The van der Waals surface area contributed by atoms with Crippen LogP contribution in [0.4, 0.5) is 4.39 Å². The van der Waals surface area contributed by atoms with Crippen LogP contribution in [0.5, 0.6) is 0 Å². The topological polar surface area (TPSA) is 51.8 Å². The van der Waals surface area contributed by atoms with E-state index in [1.165, 1.54) is 23.9 Å². The standard InChI is InChI=1S/C14H10FN3OS/c1-20-14-16-7-6-12(18-14)11-8-17-19-13(11)9-2-4-10(15)5-3-9/h2-8H,1H3. The highest BCUT2D eigenvalue weighted by Gasteiger charge is 2.14. The van der Waals surface area contributed by atoms with Gasteiger partial charge in [0.25, 0.3) is 0 Å². The summed E-state index contributed by atoms with van der Waals surface area (Å²) in [6.45, 7) is 0. The molecule has 2 aromatic heterocycles. The van der Waals surface area contributed by atoms with E-state index < -0.39 is 0 Å². The number of thioether (sulfide) groups is 1. The molecule has 0 aliphatic heterocycles. The van der Waals surface area contributed by atoms with Crippen molar-refractivity contribution in [1.82, 2.24) is 15.1 Å². The summed E-state index contributed by atoms with van der Waals surface area (Å²) >= 11 is 1.46. The molecule has 1 aromatic carbocycles. The van der Waals surface area contributed by atoms with E-state index in [4.69, 9.17) is 4.52 Å². The highest BCUT2D eigenvalue weighted by atomic mass is 32.2. The Morgan fingerprint density at radius 1 is 1.15 bits per heavy atom. The zero-order chi connectivity index (χ0) is 13.9. The van der Waals surface area contributed by atoms with Gasteiger partial charge in [-0.1, -0.05) is 16.9 Å². The van der Waals surface area contributed by atoms with Crippen molar-refractivity contribution in [2.75, 3.05) is 6.26 Å². The highest BCUT2D eigenvalue weighted by Crippen LogP contribution is 2.31. The Hall–Kier alpha value is -2.21. The first-order valence-electron chi connectivity index (χ1n) is 5.86. The molecule has 0 fully saturated rings. The third-order valence-corrected chi connectivity index (χ3v) is 3.33. The molecule has 100 valence electrons. The lowest BCUT2D eigenvalue weighted by atomic mass is 10.1. The lowest BCUT2D eigenvalue weighted by Crippen LogP contribution is -1.89. The summed E-state index contributed by atoms with van der Waals surface area (Å²) in [5, 5.41) is 4.49. The summed E-state index contributed by atoms with van der Waals surface area (Å²) in [6, 6.07) is 7.86. The van der Waals surface area contributed by atoms with Crippen LogP contribution in [0.25, 0.3) is 22.6 Å². The van der Waals surface area contributed by atoms with Crippen LogP contribution in [0.3, 0.4) is 0 Å². The van der Waals surface area contributed by atoms with Gasteiger partial charge in [0.2, 0.25) is 0 Å². The van der Waals surface area contributed by atoms with Gasteiger partial charge in [0.15, 0.2) is 10.9 Å². The molecule has 0 unspecified atom stereocenters. The molecule has 0 aliphatic rings. The number of rotatable bonds is 3. The van der Waals surface area contributed by atoms with Crippen LogP contribution in [0.15, 0.2) is 52.4 Å². The monoisotopic (exact) mass is 287 g/mol. The molecule has 0 aliphatic carbocycles. The van der Waals surface area contributed by atoms with Crippen LogP contribution < -0.4 is 0 Å². The van der Waals surface area contributed by atoms with Crippen molar-refractivity contribution in [2.45, 2.75) is 5.16 Å². The second kappa shape index (κ2) is 5.42. The van der Waals surface area contributed by atoms with E-state index in [2.05, 4.69) is 15.1 Å². The van der Waals surface area contributed by atoms with Gasteiger partial charge in [0.05, 0.1) is 17.5 Å². The lowest BCUT2D eigenvalue weighted by molar-refractivity contribution is 0.432. The van der Waals surface area contributed by atoms with Gasteiger partial charge in [-0.3, -0.25) is 0 Å². The summed E-state index contributed by atoms with van der Waals surface area (Å²) in [6.07, 6.45) is 5.20. The van der Waals surface area contributed by atoms with Crippen LogP contribution in [-0.4, -0.2) is 21.4 Å². The largest absolute Gasteiger partial charge is 0.356 e. The number of hydrogen-bond donors (Lipinski definition) is 0. The van der Waals surface area contributed by atoms with E-state index >= 15 is 0 Å². The fourth-order valence-electron chi connectivity index (χ4n) is 1.82. The Kier molecular flexibility index (Phi) is 3.47. The van der Waals surface area contributed by atoms with Crippen molar-refractivity contribution < 1.29 is 8.91 Å². The molecular formula is C14H10FN3OS. The Balaban J connectivity index is 2.07. The molecule has 0 spiro atoms. The quantitative estimate of drug-likeness (QED) is 0.543. The number of nitrogens with zero attached hydrogens (tertiary/aromatic N) is 3. The van der Waals surface area contributed by atoms with Crippen LogP contribution in [0, 0.1) is 5.82 Å². The minimum absolute atomic E-state index is 0.290. The lowest BCUT2D eigenvalue weighted by Gasteiger charge is -2.02. The molecule has 0 amide bonds. The van der Waals surface area contributed by atoms with Crippen molar-refractivity contribution in [1.29, 1.82) is 0 Å². The van der Waals surface area contributed by atoms with Crippen LogP contribution in [-0.2, 0) is 0 Å². The van der Waals surface area contributed by atoms with Crippen molar-refractivity contribution >= 4 is 11.8 Å². The molecule has 0 saturated heterocycles. The molecule has 20 heavy (non-hydrogen) atoms. The summed E-state index contributed by atoms with van der Waals surface area (Å²) in [5.41, 5.74) is 2.24. The van der Waals surface area contributed by atoms with E-state index in [9.17, 15) is 4.39 Å². The average Bonchev–Trinajstić information content (AvgIpc) is 2.97. The zero-order valence-corrected chi connectivity index (χ0v) is 11.4. The SMILES string of the molecule is CSc1nccc(-c2cnoc2-c2ccc(F)cc2)n1. The highest BCUT2D eigenvalue weighted by molar-refractivity contribution is 7.98. The zero-order valence-electron chi connectivity index (χ0n) is 10.6.